The zero-order chi connectivity index (χ0) is 17.4. The van der Waals surface area contributed by atoms with E-state index in [1.807, 2.05) is 54.6 Å². The largest absolute Gasteiger partial charge is 0.350 e. The van der Waals surface area contributed by atoms with E-state index >= 15 is 0 Å². The number of nitrogens with one attached hydrogen (secondary N) is 1. The molecule has 1 amide bonds. The Hall–Kier alpha value is -3.41. The third-order valence-electron chi connectivity index (χ3n) is 4.32. The van der Waals surface area contributed by atoms with Crippen LogP contribution in [-0.2, 0) is 11.3 Å². The molecule has 0 unspecified atom stereocenters. The highest BCUT2D eigenvalue weighted by Gasteiger charge is 2.15. The summed E-state index contributed by atoms with van der Waals surface area (Å²) in [5.74, 6) is -0.212. The van der Waals surface area contributed by atoms with E-state index in [0.717, 1.165) is 22.0 Å². The number of anilines is 1. The Balaban J connectivity index is 1.70. The Labute approximate surface area is 143 Å². The number of likely N-dealkylation sites (N-methyl/N-ethyl adjacent to an activating group) is 1. The van der Waals surface area contributed by atoms with Crippen LogP contribution in [-0.4, -0.2) is 27.7 Å². The maximum Gasteiger partial charge on any atom is 0.291 e. The van der Waals surface area contributed by atoms with Gasteiger partial charge in [0.2, 0.25) is 5.91 Å². The van der Waals surface area contributed by atoms with E-state index in [0.29, 0.717) is 5.52 Å². The van der Waals surface area contributed by atoms with Crippen molar-refractivity contribution in [2.45, 2.75) is 6.54 Å². The Morgan fingerprint density at radius 1 is 1.08 bits per heavy atom. The van der Waals surface area contributed by atoms with Crippen molar-refractivity contribution in [1.29, 1.82) is 0 Å². The van der Waals surface area contributed by atoms with E-state index in [-0.39, 0.29) is 18.0 Å². The van der Waals surface area contributed by atoms with Crippen LogP contribution in [0.4, 0.5) is 5.69 Å². The summed E-state index contributed by atoms with van der Waals surface area (Å²) in [4.78, 5) is 29.8. The fourth-order valence-electron chi connectivity index (χ4n) is 2.92. The van der Waals surface area contributed by atoms with E-state index in [1.54, 1.807) is 13.2 Å². The summed E-state index contributed by atoms with van der Waals surface area (Å²) in [7, 11) is 1.68. The number of hydrogen-bond acceptors (Lipinski definition) is 3. The fourth-order valence-corrected chi connectivity index (χ4v) is 2.92. The molecule has 0 radical (unpaired) electrons. The Kier molecular flexibility index (Phi) is 3.57. The van der Waals surface area contributed by atoms with E-state index in [2.05, 4.69) is 10.1 Å². The summed E-state index contributed by atoms with van der Waals surface area (Å²) in [6.45, 7) is -0.116. The van der Waals surface area contributed by atoms with Crippen molar-refractivity contribution >= 4 is 33.4 Å². The minimum absolute atomic E-state index is 0.116. The molecule has 0 fully saturated rings. The molecule has 0 aliphatic rings. The molecule has 0 saturated carbocycles. The molecule has 0 saturated heterocycles. The predicted molar refractivity (Wildman–Crippen MR) is 97.7 cm³/mol. The van der Waals surface area contributed by atoms with Gasteiger partial charge < -0.3 is 9.88 Å². The Morgan fingerprint density at radius 2 is 1.80 bits per heavy atom. The number of benzene rings is 2. The third kappa shape index (κ3) is 2.57. The summed E-state index contributed by atoms with van der Waals surface area (Å²) >= 11 is 0. The summed E-state index contributed by atoms with van der Waals surface area (Å²) in [6.07, 6.45) is 1.63. The molecule has 0 atom stereocenters. The molecule has 4 rings (SSSR count). The normalized spacial score (nSPS) is 11.1. The van der Waals surface area contributed by atoms with Crippen LogP contribution in [0.1, 0.15) is 0 Å². The van der Waals surface area contributed by atoms with Gasteiger partial charge in [0.05, 0.1) is 6.20 Å². The number of aromatic nitrogens is 3. The lowest BCUT2D eigenvalue weighted by Gasteiger charge is -2.17. The van der Waals surface area contributed by atoms with Gasteiger partial charge in [-0.25, -0.2) is 4.68 Å². The molecule has 0 spiro atoms. The number of aromatic amines is 1. The van der Waals surface area contributed by atoms with Crippen LogP contribution in [0.3, 0.4) is 0 Å². The average Bonchev–Trinajstić information content (AvgIpc) is 3.03. The van der Waals surface area contributed by atoms with Crippen molar-refractivity contribution in [3.05, 3.63) is 71.1 Å². The number of nitrogens with zero attached hydrogens (tertiary/aromatic N) is 3. The number of carbonyl (C=O) groups is 1. The molecule has 4 aromatic rings. The van der Waals surface area contributed by atoms with E-state index < -0.39 is 0 Å². The van der Waals surface area contributed by atoms with Crippen molar-refractivity contribution in [3.8, 4) is 0 Å². The lowest BCUT2D eigenvalue weighted by atomic mass is 10.2. The van der Waals surface area contributed by atoms with Crippen molar-refractivity contribution < 1.29 is 4.79 Å². The maximum atomic E-state index is 12.7. The lowest BCUT2D eigenvalue weighted by molar-refractivity contribution is -0.119. The predicted octanol–water partition coefficient (Wildman–Crippen LogP) is 2.54. The van der Waals surface area contributed by atoms with Gasteiger partial charge in [-0.3, -0.25) is 9.59 Å². The summed E-state index contributed by atoms with van der Waals surface area (Å²) < 4.78 is 1.19. The molecule has 0 aliphatic heterocycles. The van der Waals surface area contributed by atoms with Crippen LogP contribution in [0, 0.1) is 0 Å². The van der Waals surface area contributed by atoms with Gasteiger partial charge in [0, 0.05) is 29.0 Å². The van der Waals surface area contributed by atoms with Crippen LogP contribution in [0.25, 0.3) is 21.8 Å². The standard InChI is InChI=1S/C19H16N4O2/c1-22(13-7-3-2-4-8-13)17(24)12-23-19(25)18-15(11-20-23)14-9-5-6-10-16(14)21-18/h2-11,21H,12H2,1H3. The molecule has 2 aromatic carbocycles. The number of amides is 1. The molecular weight excluding hydrogens is 316 g/mol. The number of rotatable bonds is 3. The molecule has 25 heavy (non-hydrogen) atoms. The highest BCUT2D eigenvalue weighted by molar-refractivity contribution is 6.06. The zero-order valence-corrected chi connectivity index (χ0v) is 13.6. The van der Waals surface area contributed by atoms with Crippen molar-refractivity contribution in [2.75, 3.05) is 11.9 Å². The number of fused-ring (bicyclic) bond motifs is 3. The van der Waals surface area contributed by atoms with Gasteiger partial charge in [-0.15, -0.1) is 0 Å². The van der Waals surface area contributed by atoms with Crippen LogP contribution < -0.4 is 10.5 Å². The minimum atomic E-state index is -0.302. The number of H-pyrrole nitrogens is 1. The van der Waals surface area contributed by atoms with E-state index in [4.69, 9.17) is 0 Å². The first-order valence-corrected chi connectivity index (χ1v) is 7.93. The summed E-state index contributed by atoms with van der Waals surface area (Å²) in [5, 5.41) is 5.89. The Morgan fingerprint density at radius 3 is 2.60 bits per heavy atom. The highest BCUT2D eigenvalue weighted by Crippen LogP contribution is 2.21. The molecule has 0 bridgehead atoms. The van der Waals surface area contributed by atoms with E-state index in [1.165, 1.54) is 9.58 Å². The topological polar surface area (TPSA) is 71.0 Å². The number of carbonyl (C=O) groups excluding carboxylic acids is 1. The van der Waals surface area contributed by atoms with Crippen molar-refractivity contribution in [1.82, 2.24) is 14.8 Å². The van der Waals surface area contributed by atoms with E-state index in [9.17, 15) is 9.59 Å². The monoisotopic (exact) mass is 332 g/mol. The SMILES string of the molecule is CN(C(=O)Cn1ncc2c([nH]c3ccccc32)c1=O)c1ccccc1. The fraction of sp³-hybridized carbons (Fsp3) is 0.105. The van der Waals surface area contributed by atoms with Crippen LogP contribution in [0.5, 0.6) is 0 Å². The van der Waals surface area contributed by atoms with Crippen molar-refractivity contribution in [2.24, 2.45) is 0 Å². The van der Waals surface area contributed by atoms with Gasteiger partial charge in [-0.05, 0) is 18.2 Å². The van der Waals surface area contributed by atoms with Gasteiger partial charge in [-0.2, -0.15) is 5.10 Å². The third-order valence-corrected chi connectivity index (χ3v) is 4.32. The van der Waals surface area contributed by atoms with Gasteiger partial charge in [0.15, 0.2) is 0 Å². The van der Waals surface area contributed by atoms with Crippen LogP contribution in [0.15, 0.2) is 65.6 Å². The minimum Gasteiger partial charge on any atom is -0.350 e. The molecule has 6 nitrogen and oxygen atoms in total. The second-order valence-electron chi connectivity index (χ2n) is 5.85. The molecule has 0 aliphatic carbocycles. The zero-order valence-electron chi connectivity index (χ0n) is 13.6. The molecule has 124 valence electrons. The summed E-state index contributed by atoms with van der Waals surface area (Å²) in [6, 6.07) is 17.0. The highest BCUT2D eigenvalue weighted by atomic mass is 16.2. The number of hydrogen-bond donors (Lipinski definition) is 1. The van der Waals surface area contributed by atoms with Gasteiger partial charge in [0.1, 0.15) is 12.1 Å². The quantitative estimate of drug-likeness (QED) is 0.627. The van der Waals surface area contributed by atoms with Crippen LogP contribution >= 0.6 is 0 Å². The molecule has 1 N–H and O–H groups in total. The average molecular weight is 332 g/mol. The molecule has 2 heterocycles. The molecular formula is C19H16N4O2. The molecule has 2 aromatic heterocycles. The first kappa shape index (κ1) is 15.1. The second-order valence-corrected chi connectivity index (χ2v) is 5.85. The van der Waals surface area contributed by atoms with Crippen LogP contribution in [0.2, 0.25) is 0 Å². The number of para-hydroxylation sites is 2. The smallest absolute Gasteiger partial charge is 0.291 e. The van der Waals surface area contributed by atoms with Gasteiger partial charge in [-0.1, -0.05) is 36.4 Å². The first-order valence-electron chi connectivity index (χ1n) is 7.93. The van der Waals surface area contributed by atoms with Gasteiger partial charge >= 0.3 is 0 Å². The second kappa shape index (κ2) is 5.90. The van der Waals surface area contributed by atoms with Crippen molar-refractivity contribution in [3.63, 3.8) is 0 Å². The first-order chi connectivity index (χ1) is 12.1. The molecule has 6 heteroatoms. The lowest BCUT2D eigenvalue weighted by Crippen LogP contribution is -2.35. The Bertz CT molecular complexity index is 1130. The maximum absolute atomic E-state index is 12.7. The summed E-state index contributed by atoms with van der Waals surface area (Å²) in [5.41, 5.74) is 1.81. The van der Waals surface area contributed by atoms with Gasteiger partial charge in [0.25, 0.3) is 5.56 Å².